The van der Waals surface area contributed by atoms with E-state index in [0.717, 1.165) is 16.8 Å². The van der Waals surface area contributed by atoms with Gasteiger partial charge in [-0.25, -0.2) is 4.79 Å². The maximum atomic E-state index is 11.9. The van der Waals surface area contributed by atoms with Crippen LogP contribution in [0.25, 0.3) is 0 Å². The molecule has 0 unspecified atom stereocenters. The van der Waals surface area contributed by atoms with Crippen molar-refractivity contribution in [2.45, 2.75) is 26.8 Å². The van der Waals surface area contributed by atoms with Crippen LogP contribution >= 0.6 is 0 Å². The van der Waals surface area contributed by atoms with Crippen molar-refractivity contribution < 1.29 is 4.79 Å². The summed E-state index contributed by atoms with van der Waals surface area (Å²) < 4.78 is 1.30. The first-order valence-electron chi connectivity index (χ1n) is 6.62. The zero-order valence-corrected chi connectivity index (χ0v) is 12.0. The molecule has 0 radical (unpaired) electrons. The van der Waals surface area contributed by atoms with Gasteiger partial charge in [0.05, 0.1) is 0 Å². The van der Waals surface area contributed by atoms with Crippen LogP contribution in [-0.4, -0.2) is 15.5 Å². The normalized spacial score (nSPS) is 10.4. The van der Waals surface area contributed by atoms with Crippen LogP contribution in [0.3, 0.4) is 0 Å². The number of benzene rings is 1. The fraction of sp³-hybridized carbons (Fsp3) is 0.267. The molecule has 0 saturated carbocycles. The Balaban J connectivity index is 2.00. The minimum atomic E-state index is -0.512. The number of aryl methyl sites for hydroxylation is 3. The molecule has 1 heterocycles. The minimum absolute atomic E-state index is 0.152. The maximum absolute atomic E-state index is 11.9. The first-order valence-corrected chi connectivity index (χ1v) is 6.62. The van der Waals surface area contributed by atoms with Crippen LogP contribution in [0.1, 0.15) is 17.5 Å². The molecule has 6 heteroatoms. The number of H-pyrrole nitrogens is 1. The Labute approximate surface area is 121 Å². The third-order valence-electron chi connectivity index (χ3n) is 3.14. The summed E-state index contributed by atoms with van der Waals surface area (Å²) in [6, 6.07) is 7.08. The number of rotatable bonds is 4. The lowest BCUT2D eigenvalue weighted by Crippen LogP contribution is -2.29. The molecule has 0 aliphatic rings. The lowest BCUT2D eigenvalue weighted by atomic mass is 10.1. The zero-order valence-electron chi connectivity index (χ0n) is 12.0. The lowest BCUT2D eigenvalue weighted by Gasteiger charge is -2.10. The van der Waals surface area contributed by atoms with Crippen molar-refractivity contribution in [1.29, 1.82) is 0 Å². The van der Waals surface area contributed by atoms with Gasteiger partial charge < -0.3 is 9.88 Å². The molecule has 2 N–H and O–H groups in total. The number of hydrogen-bond acceptors (Lipinski definition) is 3. The molecule has 0 bridgehead atoms. The average molecular weight is 287 g/mol. The SMILES string of the molecule is Cc1ccc(C)c(NC(=O)CCn2ccc(=O)[nH]c2=O)c1. The van der Waals surface area contributed by atoms with Crippen LogP contribution in [0.15, 0.2) is 40.1 Å². The highest BCUT2D eigenvalue weighted by molar-refractivity contribution is 5.91. The van der Waals surface area contributed by atoms with Crippen LogP contribution in [0.4, 0.5) is 5.69 Å². The summed E-state index contributed by atoms with van der Waals surface area (Å²) in [5.74, 6) is -0.179. The second-order valence-electron chi connectivity index (χ2n) is 4.92. The van der Waals surface area contributed by atoms with E-state index in [9.17, 15) is 14.4 Å². The van der Waals surface area contributed by atoms with Gasteiger partial charge in [0.25, 0.3) is 5.56 Å². The summed E-state index contributed by atoms with van der Waals surface area (Å²) in [7, 11) is 0. The van der Waals surface area contributed by atoms with E-state index in [0.29, 0.717) is 0 Å². The van der Waals surface area contributed by atoms with Gasteiger partial charge in [-0.3, -0.25) is 14.6 Å². The molecular weight excluding hydrogens is 270 g/mol. The molecular formula is C15H17N3O3. The van der Waals surface area contributed by atoms with Crippen molar-refractivity contribution in [2.75, 3.05) is 5.32 Å². The smallest absolute Gasteiger partial charge is 0.326 e. The lowest BCUT2D eigenvalue weighted by molar-refractivity contribution is -0.116. The summed E-state index contributed by atoms with van der Waals surface area (Å²) >= 11 is 0. The van der Waals surface area contributed by atoms with Crippen LogP contribution in [0.5, 0.6) is 0 Å². The van der Waals surface area contributed by atoms with Gasteiger partial charge in [-0.05, 0) is 31.0 Å². The fourth-order valence-corrected chi connectivity index (χ4v) is 1.93. The van der Waals surface area contributed by atoms with Gasteiger partial charge in [0.15, 0.2) is 0 Å². The van der Waals surface area contributed by atoms with Gasteiger partial charge in [-0.15, -0.1) is 0 Å². The number of aromatic amines is 1. The number of aromatic nitrogens is 2. The molecule has 0 aliphatic heterocycles. The molecule has 0 saturated heterocycles. The molecule has 2 rings (SSSR count). The minimum Gasteiger partial charge on any atom is -0.326 e. The highest BCUT2D eigenvalue weighted by Crippen LogP contribution is 2.16. The van der Waals surface area contributed by atoms with Crippen molar-refractivity contribution in [2.24, 2.45) is 0 Å². The Hall–Kier alpha value is -2.63. The Morgan fingerprint density at radius 1 is 1.24 bits per heavy atom. The van der Waals surface area contributed by atoms with Gasteiger partial charge in [-0.2, -0.15) is 0 Å². The van der Waals surface area contributed by atoms with Gasteiger partial charge in [-0.1, -0.05) is 12.1 Å². The third kappa shape index (κ3) is 3.92. The molecule has 21 heavy (non-hydrogen) atoms. The van der Waals surface area contributed by atoms with Gasteiger partial charge in [0.2, 0.25) is 5.91 Å². The average Bonchev–Trinajstić information content (AvgIpc) is 2.42. The predicted octanol–water partition coefficient (Wildman–Crippen LogP) is 1.18. The molecule has 0 spiro atoms. The number of carbonyl (C=O) groups excluding carboxylic acids is 1. The summed E-state index contributed by atoms with van der Waals surface area (Å²) in [5, 5.41) is 2.83. The van der Waals surface area contributed by atoms with E-state index in [1.54, 1.807) is 0 Å². The van der Waals surface area contributed by atoms with E-state index in [4.69, 9.17) is 0 Å². The number of hydrogen-bond donors (Lipinski definition) is 2. The summed E-state index contributed by atoms with van der Waals surface area (Å²) in [5.41, 5.74) is 1.86. The predicted molar refractivity (Wildman–Crippen MR) is 80.5 cm³/mol. The van der Waals surface area contributed by atoms with E-state index in [2.05, 4.69) is 10.3 Å². The molecule has 0 fully saturated rings. The van der Waals surface area contributed by atoms with E-state index < -0.39 is 11.2 Å². The highest BCUT2D eigenvalue weighted by Gasteiger charge is 2.06. The summed E-state index contributed by atoms with van der Waals surface area (Å²) in [6.07, 6.45) is 1.53. The first-order chi connectivity index (χ1) is 9.95. The van der Waals surface area contributed by atoms with E-state index >= 15 is 0 Å². The molecule has 6 nitrogen and oxygen atoms in total. The standard InChI is InChI=1S/C15H17N3O3/c1-10-3-4-11(2)12(9-10)16-13(19)5-7-18-8-6-14(20)17-15(18)21/h3-4,6,8-9H,5,7H2,1-2H3,(H,16,19)(H,17,20,21). The molecule has 1 amide bonds. The van der Waals surface area contributed by atoms with E-state index in [-0.39, 0.29) is 18.9 Å². The molecule has 1 aromatic heterocycles. The number of nitrogens with zero attached hydrogens (tertiary/aromatic N) is 1. The topological polar surface area (TPSA) is 84.0 Å². The highest BCUT2D eigenvalue weighted by atomic mass is 16.2. The van der Waals surface area contributed by atoms with E-state index in [1.807, 2.05) is 32.0 Å². The van der Waals surface area contributed by atoms with Crippen LogP contribution in [0, 0.1) is 13.8 Å². The van der Waals surface area contributed by atoms with Crippen molar-refractivity contribution in [3.63, 3.8) is 0 Å². The molecule has 0 atom stereocenters. The van der Waals surface area contributed by atoms with Crippen molar-refractivity contribution in [1.82, 2.24) is 9.55 Å². The fourth-order valence-electron chi connectivity index (χ4n) is 1.93. The Morgan fingerprint density at radius 3 is 2.71 bits per heavy atom. The van der Waals surface area contributed by atoms with E-state index in [1.165, 1.54) is 16.8 Å². The summed E-state index contributed by atoms with van der Waals surface area (Å²) in [6.45, 7) is 4.09. The maximum Gasteiger partial charge on any atom is 0.328 e. The van der Waals surface area contributed by atoms with Crippen molar-refractivity contribution in [3.05, 3.63) is 62.4 Å². The van der Waals surface area contributed by atoms with Crippen LogP contribution in [-0.2, 0) is 11.3 Å². The largest absolute Gasteiger partial charge is 0.328 e. The van der Waals surface area contributed by atoms with Crippen LogP contribution < -0.4 is 16.6 Å². The summed E-state index contributed by atoms with van der Waals surface area (Å²) in [4.78, 5) is 36.5. The van der Waals surface area contributed by atoms with Gasteiger partial charge in [0, 0.05) is 30.9 Å². The van der Waals surface area contributed by atoms with Crippen molar-refractivity contribution in [3.8, 4) is 0 Å². The molecule has 110 valence electrons. The number of carbonyl (C=O) groups is 1. The Morgan fingerprint density at radius 2 is 2.00 bits per heavy atom. The quantitative estimate of drug-likeness (QED) is 0.885. The second kappa shape index (κ2) is 6.21. The Bertz CT molecular complexity index is 774. The Kier molecular flexibility index (Phi) is 4.37. The third-order valence-corrected chi connectivity index (χ3v) is 3.14. The number of amides is 1. The molecule has 2 aromatic rings. The number of anilines is 1. The molecule has 0 aliphatic carbocycles. The molecule has 1 aromatic carbocycles. The first kappa shape index (κ1) is 14.8. The van der Waals surface area contributed by atoms with Crippen molar-refractivity contribution >= 4 is 11.6 Å². The van der Waals surface area contributed by atoms with Gasteiger partial charge in [0.1, 0.15) is 0 Å². The van der Waals surface area contributed by atoms with Crippen LogP contribution in [0.2, 0.25) is 0 Å². The second-order valence-corrected chi connectivity index (χ2v) is 4.92. The zero-order chi connectivity index (χ0) is 15.4. The monoisotopic (exact) mass is 287 g/mol. The number of nitrogens with one attached hydrogen (secondary N) is 2. The van der Waals surface area contributed by atoms with Gasteiger partial charge >= 0.3 is 5.69 Å².